The maximum absolute atomic E-state index is 11.8. The van der Waals surface area contributed by atoms with Crippen LogP contribution in [-0.2, 0) is 4.79 Å². The minimum Gasteiger partial charge on any atom is -0.495 e. The molecule has 0 saturated heterocycles. The van der Waals surface area contributed by atoms with Gasteiger partial charge in [-0.05, 0) is 32.4 Å². The van der Waals surface area contributed by atoms with Crippen LogP contribution < -0.4 is 15.4 Å². The fourth-order valence-electron chi connectivity index (χ4n) is 1.47. The van der Waals surface area contributed by atoms with E-state index in [1.54, 1.807) is 19.1 Å². The van der Waals surface area contributed by atoms with Gasteiger partial charge in [-0.2, -0.15) is 0 Å². The zero-order valence-electron chi connectivity index (χ0n) is 12.4. The predicted molar refractivity (Wildman–Crippen MR) is 81.2 cm³/mol. The van der Waals surface area contributed by atoms with E-state index in [-0.39, 0.29) is 6.54 Å². The zero-order chi connectivity index (χ0) is 16.2. The Labute approximate surface area is 128 Å². The first kappa shape index (κ1) is 17.1. The molecule has 0 saturated carbocycles. The number of anilines is 1. The highest BCUT2D eigenvalue weighted by atomic mass is 35.5. The van der Waals surface area contributed by atoms with Crippen LogP contribution in [0.5, 0.6) is 5.75 Å². The summed E-state index contributed by atoms with van der Waals surface area (Å²) >= 11 is 5.98. The minimum absolute atomic E-state index is 0.00303. The van der Waals surface area contributed by atoms with Crippen molar-refractivity contribution in [1.82, 2.24) is 5.32 Å². The topological polar surface area (TPSA) is 87.7 Å². The number of nitrogens with one attached hydrogen (secondary N) is 2. The van der Waals surface area contributed by atoms with Crippen LogP contribution in [0.25, 0.3) is 0 Å². The van der Waals surface area contributed by atoms with Crippen LogP contribution in [0.2, 0.25) is 5.02 Å². The van der Waals surface area contributed by atoms with Gasteiger partial charge in [0, 0.05) is 17.6 Å². The smallest absolute Gasteiger partial charge is 0.319 e. The van der Waals surface area contributed by atoms with Gasteiger partial charge in [0.15, 0.2) is 0 Å². The van der Waals surface area contributed by atoms with E-state index in [1.807, 2.05) is 0 Å². The number of hydrogen-bond donors (Lipinski definition) is 3. The molecule has 3 N–H and O–H groups in total. The number of aryl methyl sites for hydroxylation is 1. The van der Waals surface area contributed by atoms with E-state index in [0.29, 0.717) is 16.5 Å². The molecular weight excluding hydrogens is 296 g/mol. The van der Waals surface area contributed by atoms with Crippen LogP contribution in [0.1, 0.15) is 19.4 Å². The Morgan fingerprint density at radius 3 is 2.52 bits per heavy atom. The molecule has 0 unspecified atom stereocenters. The lowest BCUT2D eigenvalue weighted by molar-refractivity contribution is -0.146. The Kier molecular flexibility index (Phi) is 5.43. The molecule has 0 spiro atoms. The monoisotopic (exact) mass is 314 g/mol. The number of rotatable bonds is 5. The standard InChI is InChI=1S/C14H19ClN2O4/c1-8-5-10(11(21-4)6-9(8)15)17-13(20)16-7-14(2,3)12(18)19/h5-6H,7H2,1-4H3,(H,18,19)(H2,16,17,20). The summed E-state index contributed by atoms with van der Waals surface area (Å²) in [5.41, 5.74) is 0.209. The van der Waals surface area contributed by atoms with Crippen LogP contribution in [0.3, 0.4) is 0 Å². The van der Waals surface area contributed by atoms with Crippen molar-refractivity contribution in [3.8, 4) is 5.75 Å². The predicted octanol–water partition coefficient (Wildman–Crippen LogP) is 2.89. The summed E-state index contributed by atoms with van der Waals surface area (Å²) in [4.78, 5) is 22.8. The molecule has 2 amide bonds. The summed E-state index contributed by atoms with van der Waals surface area (Å²) in [6.07, 6.45) is 0. The number of methoxy groups -OCH3 is 1. The van der Waals surface area contributed by atoms with Crippen molar-refractivity contribution in [3.63, 3.8) is 0 Å². The summed E-state index contributed by atoms with van der Waals surface area (Å²) in [6, 6.07) is 2.78. The van der Waals surface area contributed by atoms with Gasteiger partial charge in [-0.15, -0.1) is 0 Å². The fraction of sp³-hybridized carbons (Fsp3) is 0.429. The number of carboxylic acid groups (broad SMARTS) is 1. The number of aliphatic carboxylic acids is 1. The number of benzene rings is 1. The third kappa shape index (κ3) is 4.53. The number of carbonyl (C=O) groups excluding carboxylic acids is 1. The molecule has 6 nitrogen and oxygen atoms in total. The number of halogens is 1. The van der Waals surface area contributed by atoms with Crippen molar-refractivity contribution in [3.05, 3.63) is 22.7 Å². The first-order chi connectivity index (χ1) is 9.67. The average Bonchev–Trinajstić information content (AvgIpc) is 2.40. The Balaban J connectivity index is 2.76. The molecule has 1 aromatic carbocycles. The average molecular weight is 315 g/mol. The fourth-order valence-corrected chi connectivity index (χ4v) is 1.63. The van der Waals surface area contributed by atoms with E-state index < -0.39 is 17.4 Å². The van der Waals surface area contributed by atoms with Gasteiger partial charge in [0.1, 0.15) is 5.75 Å². The highest BCUT2D eigenvalue weighted by Crippen LogP contribution is 2.30. The third-order valence-electron chi connectivity index (χ3n) is 3.00. The van der Waals surface area contributed by atoms with Crippen molar-refractivity contribution < 1.29 is 19.4 Å². The van der Waals surface area contributed by atoms with Gasteiger partial charge in [-0.1, -0.05) is 11.6 Å². The van der Waals surface area contributed by atoms with Crippen LogP contribution in [0, 0.1) is 12.3 Å². The van der Waals surface area contributed by atoms with Crippen LogP contribution in [0.15, 0.2) is 12.1 Å². The van der Waals surface area contributed by atoms with Gasteiger partial charge < -0.3 is 20.5 Å². The van der Waals surface area contributed by atoms with Crippen molar-refractivity contribution in [2.75, 3.05) is 19.0 Å². The van der Waals surface area contributed by atoms with Crippen LogP contribution in [-0.4, -0.2) is 30.8 Å². The Hall–Kier alpha value is -1.95. The maximum Gasteiger partial charge on any atom is 0.319 e. The Morgan fingerprint density at radius 1 is 1.38 bits per heavy atom. The molecular formula is C14H19ClN2O4. The number of amides is 2. The zero-order valence-corrected chi connectivity index (χ0v) is 13.2. The molecule has 0 atom stereocenters. The molecule has 0 aliphatic rings. The Morgan fingerprint density at radius 2 is 2.00 bits per heavy atom. The second-order valence-corrected chi connectivity index (χ2v) is 5.71. The molecule has 0 radical (unpaired) electrons. The summed E-state index contributed by atoms with van der Waals surface area (Å²) in [6.45, 7) is 4.87. The lowest BCUT2D eigenvalue weighted by atomic mass is 9.94. The first-order valence-corrected chi connectivity index (χ1v) is 6.67. The number of carbonyl (C=O) groups is 2. The number of urea groups is 1. The van der Waals surface area contributed by atoms with Crippen molar-refractivity contribution in [1.29, 1.82) is 0 Å². The summed E-state index contributed by atoms with van der Waals surface area (Å²) in [7, 11) is 1.47. The lowest BCUT2D eigenvalue weighted by Gasteiger charge is -2.20. The minimum atomic E-state index is -1.04. The van der Waals surface area contributed by atoms with E-state index in [2.05, 4.69) is 10.6 Å². The number of carboxylic acids is 1. The largest absolute Gasteiger partial charge is 0.495 e. The lowest BCUT2D eigenvalue weighted by Crippen LogP contribution is -2.40. The molecule has 1 rings (SSSR count). The highest BCUT2D eigenvalue weighted by molar-refractivity contribution is 6.31. The molecule has 0 bridgehead atoms. The van der Waals surface area contributed by atoms with E-state index >= 15 is 0 Å². The molecule has 0 aromatic heterocycles. The van der Waals surface area contributed by atoms with E-state index in [9.17, 15) is 9.59 Å². The Bertz CT molecular complexity index is 558. The van der Waals surface area contributed by atoms with Crippen molar-refractivity contribution >= 4 is 29.3 Å². The van der Waals surface area contributed by atoms with Gasteiger partial charge in [-0.25, -0.2) is 4.79 Å². The van der Waals surface area contributed by atoms with Crippen LogP contribution >= 0.6 is 11.6 Å². The summed E-state index contributed by atoms with van der Waals surface area (Å²) in [5, 5.41) is 14.7. The molecule has 0 fully saturated rings. The quantitative estimate of drug-likeness (QED) is 0.779. The first-order valence-electron chi connectivity index (χ1n) is 6.30. The normalized spacial score (nSPS) is 10.9. The van der Waals surface area contributed by atoms with Gasteiger partial charge in [-0.3, -0.25) is 4.79 Å². The van der Waals surface area contributed by atoms with Gasteiger partial charge in [0.2, 0.25) is 0 Å². The summed E-state index contributed by atoms with van der Waals surface area (Å²) in [5.74, 6) is -0.555. The molecule has 0 aliphatic heterocycles. The highest BCUT2D eigenvalue weighted by Gasteiger charge is 2.27. The van der Waals surface area contributed by atoms with Gasteiger partial charge in [0.05, 0.1) is 18.2 Å². The molecule has 0 aliphatic carbocycles. The van der Waals surface area contributed by atoms with Crippen molar-refractivity contribution in [2.24, 2.45) is 5.41 Å². The number of hydrogen-bond acceptors (Lipinski definition) is 3. The second-order valence-electron chi connectivity index (χ2n) is 5.30. The SMILES string of the molecule is COc1cc(Cl)c(C)cc1NC(=O)NCC(C)(C)C(=O)O. The van der Waals surface area contributed by atoms with Crippen molar-refractivity contribution in [2.45, 2.75) is 20.8 Å². The summed E-state index contributed by atoms with van der Waals surface area (Å²) < 4.78 is 5.14. The molecule has 1 aromatic rings. The van der Waals surface area contributed by atoms with Gasteiger partial charge in [0.25, 0.3) is 0 Å². The van der Waals surface area contributed by atoms with E-state index in [0.717, 1.165) is 5.56 Å². The van der Waals surface area contributed by atoms with Gasteiger partial charge >= 0.3 is 12.0 Å². The molecule has 7 heteroatoms. The molecule has 116 valence electrons. The molecule has 0 heterocycles. The van der Waals surface area contributed by atoms with E-state index in [1.165, 1.54) is 21.0 Å². The molecule has 21 heavy (non-hydrogen) atoms. The van der Waals surface area contributed by atoms with Crippen LogP contribution in [0.4, 0.5) is 10.5 Å². The third-order valence-corrected chi connectivity index (χ3v) is 3.41. The van der Waals surface area contributed by atoms with E-state index in [4.69, 9.17) is 21.4 Å². The second kappa shape index (κ2) is 6.67. The number of ether oxygens (including phenoxy) is 1. The maximum atomic E-state index is 11.8.